The van der Waals surface area contributed by atoms with Crippen LogP contribution < -0.4 is 5.73 Å². The molecule has 1 saturated carbocycles. The van der Waals surface area contributed by atoms with E-state index >= 15 is 0 Å². The van der Waals surface area contributed by atoms with Gasteiger partial charge in [-0.2, -0.15) is 18.2 Å². The number of ether oxygens (including phenoxy) is 1. The Hall–Kier alpha value is -1.15. The second kappa shape index (κ2) is 5.09. The maximum atomic E-state index is 11.9. The molecule has 1 aliphatic carbocycles. The summed E-state index contributed by atoms with van der Waals surface area (Å²) in [5.74, 6) is 0.489. The number of rotatable bonds is 4. The molecule has 2 atom stereocenters. The molecule has 0 radical (unpaired) electrons. The lowest BCUT2D eigenvalue weighted by Gasteiger charge is -2.23. The Morgan fingerprint density at radius 2 is 2.26 bits per heavy atom. The lowest BCUT2D eigenvalue weighted by atomic mass is 9.85. The third kappa shape index (κ3) is 3.24. The zero-order valence-corrected chi connectivity index (χ0v) is 10.5. The number of nitrogens with zero attached hydrogens (tertiary/aromatic N) is 2. The topological polar surface area (TPSA) is 74.2 Å². The maximum Gasteiger partial charge on any atom is 0.411 e. The molecule has 1 aromatic heterocycles. The molecule has 8 heteroatoms. The van der Waals surface area contributed by atoms with Crippen LogP contribution >= 0.6 is 0 Å². The van der Waals surface area contributed by atoms with Crippen LogP contribution in [-0.2, 0) is 16.8 Å². The smallest absolute Gasteiger partial charge is 0.364 e. The van der Waals surface area contributed by atoms with Crippen molar-refractivity contribution in [3.63, 3.8) is 0 Å². The molecule has 108 valence electrons. The first-order chi connectivity index (χ1) is 8.81. The molecular formula is C11H16F3N3O2. The minimum absolute atomic E-state index is 0.0723. The van der Waals surface area contributed by atoms with Gasteiger partial charge in [0.1, 0.15) is 13.2 Å². The van der Waals surface area contributed by atoms with Crippen molar-refractivity contribution in [1.29, 1.82) is 0 Å². The minimum atomic E-state index is -4.35. The molecule has 0 saturated heterocycles. The number of hydrogen-bond acceptors (Lipinski definition) is 5. The van der Waals surface area contributed by atoms with E-state index in [1.165, 1.54) is 0 Å². The zero-order valence-electron chi connectivity index (χ0n) is 10.5. The average Bonchev–Trinajstić information content (AvgIpc) is 2.87. The molecule has 1 aromatic rings. The van der Waals surface area contributed by atoms with Crippen molar-refractivity contribution < 1.29 is 22.4 Å². The number of nitrogens with two attached hydrogens (primary N) is 1. The maximum absolute atomic E-state index is 11.9. The van der Waals surface area contributed by atoms with Gasteiger partial charge in [-0.3, -0.25) is 0 Å². The predicted molar refractivity (Wildman–Crippen MR) is 59.2 cm³/mol. The summed E-state index contributed by atoms with van der Waals surface area (Å²) in [7, 11) is 0. The van der Waals surface area contributed by atoms with E-state index in [2.05, 4.69) is 14.9 Å². The van der Waals surface area contributed by atoms with Crippen LogP contribution in [0.1, 0.15) is 37.9 Å². The molecule has 2 N–H and O–H groups in total. The average molecular weight is 279 g/mol. The van der Waals surface area contributed by atoms with Gasteiger partial charge in [0.05, 0.1) is 5.41 Å². The highest BCUT2D eigenvalue weighted by Crippen LogP contribution is 2.38. The van der Waals surface area contributed by atoms with E-state index < -0.39 is 18.2 Å². The summed E-state index contributed by atoms with van der Waals surface area (Å²) in [4.78, 5) is 4.08. The van der Waals surface area contributed by atoms with Crippen molar-refractivity contribution in [3.8, 4) is 0 Å². The Bertz CT molecular complexity index is 435. The Balaban J connectivity index is 1.96. The van der Waals surface area contributed by atoms with E-state index in [0.29, 0.717) is 5.89 Å². The zero-order chi connectivity index (χ0) is 14.1. The number of aromatic nitrogens is 2. The van der Waals surface area contributed by atoms with E-state index in [1.807, 2.05) is 6.92 Å². The van der Waals surface area contributed by atoms with Gasteiger partial charge in [0.2, 0.25) is 5.89 Å². The molecule has 1 aliphatic rings. The van der Waals surface area contributed by atoms with Gasteiger partial charge in [0.15, 0.2) is 5.82 Å². The molecule has 0 aliphatic heterocycles. The molecule has 1 fully saturated rings. The summed E-state index contributed by atoms with van der Waals surface area (Å²) in [6.45, 7) is 0.278. The van der Waals surface area contributed by atoms with Gasteiger partial charge in [0.25, 0.3) is 0 Å². The van der Waals surface area contributed by atoms with Crippen molar-refractivity contribution >= 4 is 0 Å². The largest absolute Gasteiger partial charge is 0.411 e. The van der Waals surface area contributed by atoms with Crippen LogP contribution in [0.15, 0.2) is 4.52 Å². The van der Waals surface area contributed by atoms with Crippen LogP contribution in [0.4, 0.5) is 13.2 Å². The summed E-state index contributed by atoms with van der Waals surface area (Å²) in [5.41, 5.74) is 5.61. The van der Waals surface area contributed by atoms with Gasteiger partial charge >= 0.3 is 6.18 Å². The number of hydrogen-bond donors (Lipinski definition) is 1. The van der Waals surface area contributed by atoms with Gasteiger partial charge in [-0.05, 0) is 19.8 Å². The SMILES string of the molecule is CC1(c2nc(COCC(F)(F)F)no2)CCCC1N. The highest BCUT2D eigenvalue weighted by molar-refractivity contribution is 5.11. The summed E-state index contributed by atoms with van der Waals surface area (Å²) >= 11 is 0. The molecule has 0 aromatic carbocycles. The first-order valence-corrected chi connectivity index (χ1v) is 6.04. The van der Waals surface area contributed by atoms with Crippen LogP contribution in [0.25, 0.3) is 0 Å². The second-order valence-corrected chi connectivity index (χ2v) is 5.04. The minimum Gasteiger partial charge on any atom is -0.364 e. The van der Waals surface area contributed by atoms with Crippen molar-refractivity contribution in [1.82, 2.24) is 10.1 Å². The fraction of sp³-hybridized carbons (Fsp3) is 0.818. The Kier molecular flexibility index (Phi) is 3.82. The van der Waals surface area contributed by atoms with Gasteiger partial charge in [-0.15, -0.1) is 0 Å². The first-order valence-electron chi connectivity index (χ1n) is 6.04. The highest BCUT2D eigenvalue weighted by Gasteiger charge is 2.42. The fourth-order valence-electron chi connectivity index (χ4n) is 2.26. The summed E-state index contributed by atoms with van der Waals surface area (Å²) in [5, 5.41) is 3.63. The van der Waals surface area contributed by atoms with E-state index in [-0.39, 0.29) is 18.5 Å². The van der Waals surface area contributed by atoms with Crippen molar-refractivity contribution in [2.24, 2.45) is 5.73 Å². The molecule has 5 nitrogen and oxygen atoms in total. The third-order valence-electron chi connectivity index (χ3n) is 3.48. The fourth-order valence-corrected chi connectivity index (χ4v) is 2.26. The predicted octanol–water partition coefficient (Wildman–Crippen LogP) is 1.92. The molecule has 19 heavy (non-hydrogen) atoms. The number of alkyl halides is 3. The molecule has 0 bridgehead atoms. The highest BCUT2D eigenvalue weighted by atomic mass is 19.4. The molecule has 0 spiro atoms. The molecule has 2 unspecified atom stereocenters. The van der Waals surface area contributed by atoms with E-state index in [0.717, 1.165) is 19.3 Å². The van der Waals surface area contributed by atoms with Crippen molar-refractivity contribution in [2.75, 3.05) is 6.61 Å². The normalized spacial score (nSPS) is 27.9. The van der Waals surface area contributed by atoms with Crippen LogP contribution in [0, 0.1) is 0 Å². The van der Waals surface area contributed by atoms with Crippen LogP contribution in [0.5, 0.6) is 0 Å². The molecule has 2 rings (SSSR count). The van der Waals surface area contributed by atoms with E-state index in [9.17, 15) is 13.2 Å². The monoisotopic (exact) mass is 279 g/mol. The van der Waals surface area contributed by atoms with Gasteiger partial charge in [-0.1, -0.05) is 11.6 Å². The first kappa shape index (κ1) is 14.3. The van der Waals surface area contributed by atoms with Gasteiger partial charge in [0, 0.05) is 6.04 Å². The Morgan fingerprint density at radius 3 is 2.84 bits per heavy atom. The summed E-state index contributed by atoms with van der Waals surface area (Å²) < 4.78 is 45.3. The Morgan fingerprint density at radius 1 is 1.53 bits per heavy atom. The quantitative estimate of drug-likeness (QED) is 0.911. The molecular weight excluding hydrogens is 263 g/mol. The standard InChI is InChI=1S/C11H16F3N3O2/c1-10(4-2-3-7(10)15)9-16-8(17-19-9)5-18-6-11(12,13)14/h7H,2-6,15H2,1H3. The lowest BCUT2D eigenvalue weighted by molar-refractivity contribution is -0.177. The summed E-state index contributed by atoms with van der Waals surface area (Å²) in [6, 6.07) is -0.0723. The molecule has 1 heterocycles. The van der Waals surface area contributed by atoms with Crippen molar-refractivity contribution in [3.05, 3.63) is 11.7 Å². The van der Waals surface area contributed by atoms with E-state index in [1.54, 1.807) is 0 Å². The van der Waals surface area contributed by atoms with Gasteiger partial charge in [-0.25, -0.2) is 0 Å². The second-order valence-electron chi connectivity index (χ2n) is 5.04. The lowest BCUT2D eigenvalue weighted by Crippen LogP contribution is -2.38. The van der Waals surface area contributed by atoms with Crippen molar-refractivity contribution in [2.45, 2.75) is 50.4 Å². The molecule has 0 amide bonds. The van der Waals surface area contributed by atoms with E-state index in [4.69, 9.17) is 10.3 Å². The Labute approximate surface area is 108 Å². The summed E-state index contributed by atoms with van der Waals surface area (Å²) in [6.07, 6.45) is -1.68. The number of halogens is 3. The third-order valence-corrected chi connectivity index (χ3v) is 3.48. The van der Waals surface area contributed by atoms with Crippen LogP contribution in [-0.4, -0.2) is 29.0 Å². The van der Waals surface area contributed by atoms with Crippen LogP contribution in [0.2, 0.25) is 0 Å². The van der Waals surface area contributed by atoms with Crippen LogP contribution in [0.3, 0.4) is 0 Å². The van der Waals surface area contributed by atoms with Gasteiger partial charge < -0.3 is 15.0 Å².